The number of nitro groups is 1. The minimum absolute atomic E-state index is 0.0491. The molecule has 12 heteroatoms. The molecular weight excluding hydrogens is 572 g/mol. The molecule has 0 fully saturated rings. The number of carboxylic acid groups (broad SMARTS) is 1. The molecule has 1 atom stereocenters. The van der Waals surface area contributed by atoms with E-state index in [0.717, 1.165) is 10.4 Å². The molecular formula is C31H38N4O7S. The molecule has 2 N–H and O–H groups in total. The molecule has 11 nitrogen and oxygen atoms in total. The van der Waals surface area contributed by atoms with Gasteiger partial charge in [0, 0.05) is 36.6 Å². The molecule has 0 spiro atoms. The van der Waals surface area contributed by atoms with E-state index in [-0.39, 0.29) is 44.2 Å². The van der Waals surface area contributed by atoms with Gasteiger partial charge in [-0.15, -0.1) is 11.3 Å². The summed E-state index contributed by atoms with van der Waals surface area (Å²) < 4.78 is 5.43. The van der Waals surface area contributed by atoms with Crippen LogP contribution in [0.15, 0.2) is 72.1 Å². The summed E-state index contributed by atoms with van der Waals surface area (Å²) in [5.74, 6) is -0.336. The van der Waals surface area contributed by atoms with Gasteiger partial charge in [0.05, 0.1) is 11.5 Å². The summed E-state index contributed by atoms with van der Waals surface area (Å²) in [4.78, 5) is 53.1. The normalized spacial score (nSPS) is 11.8. The minimum atomic E-state index is -1.03. The number of ether oxygens (including phenoxy) is 1. The first-order chi connectivity index (χ1) is 20.4. The highest BCUT2D eigenvalue weighted by Gasteiger charge is 2.29. The molecule has 2 aromatic carbocycles. The fourth-order valence-corrected chi connectivity index (χ4v) is 5.09. The first-order valence-corrected chi connectivity index (χ1v) is 14.8. The van der Waals surface area contributed by atoms with Gasteiger partial charge in [0.1, 0.15) is 11.6 Å². The number of carbonyl (C=O) groups is 3. The summed E-state index contributed by atoms with van der Waals surface area (Å²) in [5, 5.41) is 25.4. The van der Waals surface area contributed by atoms with Crippen molar-refractivity contribution in [1.82, 2.24) is 15.1 Å². The number of hydrogen-bond acceptors (Lipinski definition) is 7. The van der Waals surface area contributed by atoms with E-state index in [2.05, 4.69) is 5.32 Å². The van der Waals surface area contributed by atoms with Crippen LogP contribution in [0.2, 0.25) is 0 Å². The molecule has 1 heterocycles. The number of non-ortho nitro benzene ring substituents is 1. The molecule has 0 unspecified atom stereocenters. The maximum absolute atomic E-state index is 14.0. The second-order valence-corrected chi connectivity index (χ2v) is 12.1. The van der Waals surface area contributed by atoms with Gasteiger partial charge in [-0.3, -0.25) is 14.9 Å². The smallest absolute Gasteiger partial charge is 0.408 e. The van der Waals surface area contributed by atoms with Crippen LogP contribution in [0, 0.1) is 10.1 Å². The van der Waals surface area contributed by atoms with Crippen LogP contribution in [-0.4, -0.2) is 56.1 Å². The lowest BCUT2D eigenvalue weighted by molar-refractivity contribution is -0.384. The Morgan fingerprint density at radius 3 is 2.16 bits per heavy atom. The number of unbranched alkanes of at least 4 members (excludes halogenated alkanes) is 1. The van der Waals surface area contributed by atoms with Crippen LogP contribution in [0.5, 0.6) is 0 Å². The average molecular weight is 611 g/mol. The Hall–Kier alpha value is -4.45. The van der Waals surface area contributed by atoms with Crippen LogP contribution in [0.4, 0.5) is 15.3 Å². The van der Waals surface area contributed by atoms with Crippen molar-refractivity contribution in [3.63, 3.8) is 0 Å². The van der Waals surface area contributed by atoms with E-state index >= 15 is 0 Å². The van der Waals surface area contributed by atoms with Crippen LogP contribution in [-0.2, 0) is 29.2 Å². The van der Waals surface area contributed by atoms with E-state index in [1.807, 2.05) is 47.8 Å². The summed E-state index contributed by atoms with van der Waals surface area (Å²) in [6.45, 7) is 6.16. The molecule has 3 amide bonds. The average Bonchev–Trinajstić information content (AvgIpc) is 3.46. The van der Waals surface area contributed by atoms with Gasteiger partial charge in [0.2, 0.25) is 5.91 Å². The lowest BCUT2D eigenvalue weighted by atomic mass is 10.1. The largest absolute Gasteiger partial charge is 0.465 e. The summed E-state index contributed by atoms with van der Waals surface area (Å²) >= 11 is 1.49. The second-order valence-electron chi connectivity index (χ2n) is 11.1. The van der Waals surface area contributed by atoms with Crippen molar-refractivity contribution in [2.24, 2.45) is 0 Å². The third-order valence-electron chi connectivity index (χ3n) is 6.41. The molecule has 1 aromatic heterocycles. The Balaban J connectivity index is 1.75. The molecule has 230 valence electrons. The van der Waals surface area contributed by atoms with E-state index in [1.54, 1.807) is 37.8 Å². The van der Waals surface area contributed by atoms with E-state index in [9.17, 15) is 29.6 Å². The third kappa shape index (κ3) is 11.4. The molecule has 0 radical (unpaired) electrons. The molecule has 0 saturated carbocycles. The maximum Gasteiger partial charge on any atom is 0.408 e. The fraction of sp³-hybridized carbons (Fsp3) is 0.387. The van der Waals surface area contributed by atoms with Crippen LogP contribution in [0.25, 0.3) is 0 Å². The number of nitrogens with one attached hydrogen (secondary N) is 1. The summed E-state index contributed by atoms with van der Waals surface area (Å²) in [6, 6.07) is 18.2. The zero-order chi connectivity index (χ0) is 31.4. The van der Waals surface area contributed by atoms with Gasteiger partial charge in [-0.2, -0.15) is 0 Å². The van der Waals surface area contributed by atoms with Crippen molar-refractivity contribution < 1.29 is 29.2 Å². The molecule has 3 rings (SSSR count). The zero-order valence-corrected chi connectivity index (χ0v) is 25.4. The minimum Gasteiger partial charge on any atom is -0.465 e. The number of carbonyl (C=O) groups excluding carboxylic acids is 2. The molecule has 0 aliphatic heterocycles. The summed E-state index contributed by atoms with van der Waals surface area (Å²) in [6.07, 6.45) is -0.554. The van der Waals surface area contributed by atoms with Crippen molar-refractivity contribution in [2.75, 3.05) is 6.54 Å². The topological polar surface area (TPSA) is 142 Å². The highest BCUT2D eigenvalue weighted by molar-refractivity contribution is 7.09. The Morgan fingerprint density at radius 1 is 0.930 bits per heavy atom. The van der Waals surface area contributed by atoms with Gasteiger partial charge in [0.15, 0.2) is 0 Å². The Labute approximate surface area is 255 Å². The van der Waals surface area contributed by atoms with Crippen molar-refractivity contribution >= 4 is 35.1 Å². The summed E-state index contributed by atoms with van der Waals surface area (Å²) in [7, 11) is 0. The quantitative estimate of drug-likeness (QED) is 0.122. The first-order valence-electron chi connectivity index (χ1n) is 14.0. The van der Waals surface area contributed by atoms with E-state index < -0.39 is 28.8 Å². The van der Waals surface area contributed by atoms with E-state index in [1.165, 1.54) is 28.4 Å². The number of alkyl carbamates (subject to hydrolysis) is 1. The van der Waals surface area contributed by atoms with Crippen LogP contribution in [0.1, 0.15) is 56.0 Å². The number of nitrogens with zero attached hydrogens (tertiary/aromatic N) is 3. The monoisotopic (exact) mass is 610 g/mol. The number of benzene rings is 2. The van der Waals surface area contributed by atoms with Gasteiger partial charge < -0.3 is 25.0 Å². The molecule has 0 saturated heterocycles. The molecule has 43 heavy (non-hydrogen) atoms. The van der Waals surface area contributed by atoms with E-state index in [0.29, 0.717) is 18.4 Å². The van der Waals surface area contributed by atoms with E-state index in [4.69, 9.17) is 4.74 Å². The number of rotatable bonds is 14. The van der Waals surface area contributed by atoms with Crippen molar-refractivity contribution in [2.45, 2.75) is 71.3 Å². The number of hydrogen-bond donors (Lipinski definition) is 2. The van der Waals surface area contributed by atoms with Crippen molar-refractivity contribution in [3.8, 4) is 0 Å². The van der Waals surface area contributed by atoms with Crippen molar-refractivity contribution in [1.29, 1.82) is 0 Å². The maximum atomic E-state index is 14.0. The number of thiophene rings is 1. The molecule has 3 aromatic rings. The summed E-state index contributed by atoms with van der Waals surface area (Å²) in [5.41, 5.74) is 0.753. The standard InChI is InChI=1S/C31H38N4O7S/c1-31(2,3)42-29(37)32-27(13-7-8-18-33(30(38)39)20-23-10-5-4-6-11-23)28(36)34(22-26-12-9-19-43-26)21-24-14-16-25(17-15-24)35(40)41/h4-6,9-12,14-17,19,27H,7-8,13,18,20-22H2,1-3H3,(H,32,37)(H,38,39)/t27-/m1/s1. The number of amides is 3. The lowest BCUT2D eigenvalue weighted by Gasteiger charge is -2.29. The second kappa shape index (κ2) is 15.7. The number of nitro benzene ring substituents is 1. The Kier molecular flexibility index (Phi) is 12.1. The highest BCUT2D eigenvalue weighted by atomic mass is 32.1. The molecule has 0 aliphatic carbocycles. The highest BCUT2D eigenvalue weighted by Crippen LogP contribution is 2.20. The SMILES string of the molecule is CC(C)(C)OC(=O)N[C@H](CCCCN(Cc1ccccc1)C(=O)O)C(=O)N(Cc1ccc([N+](=O)[O-])cc1)Cc1cccs1. The van der Waals surface area contributed by atoms with Crippen LogP contribution in [0.3, 0.4) is 0 Å². The third-order valence-corrected chi connectivity index (χ3v) is 7.27. The predicted molar refractivity (Wildman–Crippen MR) is 164 cm³/mol. The van der Waals surface area contributed by atoms with Gasteiger partial charge >= 0.3 is 12.2 Å². The van der Waals surface area contributed by atoms with Crippen LogP contribution < -0.4 is 5.32 Å². The van der Waals surface area contributed by atoms with Crippen LogP contribution >= 0.6 is 11.3 Å². The van der Waals surface area contributed by atoms with Gasteiger partial charge in [-0.25, -0.2) is 9.59 Å². The zero-order valence-electron chi connectivity index (χ0n) is 24.6. The van der Waals surface area contributed by atoms with Gasteiger partial charge in [-0.1, -0.05) is 48.5 Å². The lowest BCUT2D eigenvalue weighted by Crippen LogP contribution is -2.49. The first kappa shape index (κ1) is 33.1. The molecule has 0 bridgehead atoms. The Morgan fingerprint density at radius 2 is 1.58 bits per heavy atom. The fourth-order valence-electron chi connectivity index (χ4n) is 4.37. The molecule has 0 aliphatic rings. The van der Waals surface area contributed by atoms with Gasteiger partial charge in [0.25, 0.3) is 5.69 Å². The van der Waals surface area contributed by atoms with Gasteiger partial charge in [-0.05, 0) is 62.6 Å². The van der Waals surface area contributed by atoms with Crippen molar-refractivity contribution in [3.05, 3.63) is 98.2 Å². The Bertz CT molecular complexity index is 1340. The predicted octanol–water partition coefficient (Wildman–Crippen LogP) is 6.43.